The van der Waals surface area contributed by atoms with Gasteiger partial charge in [0.1, 0.15) is 11.4 Å². The van der Waals surface area contributed by atoms with Crippen molar-refractivity contribution >= 4 is 11.8 Å². The maximum atomic E-state index is 11.3. The summed E-state index contributed by atoms with van der Waals surface area (Å²) in [4.78, 5) is 19.9. The van der Waals surface area contributed by atoms with Crippen molar-refractivity contribution in [3.05, 3.63) is 23.4 Å². The van der Waals surface area contributed by atoms with E-state index in [1.807, 2.05) is 18.9 Å². The average molecular weight is 263 g/mol. The first-order valence-corrected chi connectivity index (χ1v) is 6.58. The fraction of sp³-hybridized carbons (Fsp3) is 0.571. The van der Waals surface area contributed by atoms with Gasteiger partial charge in [0.2, 0.25) is 0 Å². The Morgan fingerprint density at radius 3 is 2.89 bits per heavy atom. The molecule has 5 nitrogen and oxygen atoms in total. The zero-order valence-corrected chi connectivity index (χ0v) is 11.8. The molecule has 5 heteroatoms. The summed E-state index contributed by atoms with van der Waals surface area (Å²) in [6.45, 7) is 4.91. The van der Waals surface area contributed by atoms with Gasteiger partial charge in [-0.3, -0.25) is 0 Å². The summed E-state index contributed by atoms with van der Waals surface area (Å²) >= 11 is 0. The predicted octanol–water partition coefficient (Wildman–Crippen LogP) is 1.48. The van der Waals surface area contributed by atoms with Gasteiger partial charge in [-0.25, -0.2) is 9.78 Å². The number of anilines is 1. The lowest BCUT2D eigenvalue weighted by Crippen LogP contribution is -2.29. The Kier molecular flexibility index (Phi) is 4.04. The van der Waals surface area contributed by atoms with Crippen LogP contribution in [0.25, 0.3) is 0 Å². The number of pyridine rings is 1. The Morgan fingerprint density at radius 1 is 1.58 bits per heavy atom. The van der Waals surface area contributed by atoms with E-state index < -0.39 is 5.97 Å². The Labute approximate surface area is 113 Å². The first-order chi connectivity index (χ1) is 8.97. The first-order valence-electron chi connectivity index (χ1n) is 6.58. The summed E-state index contributed by atoms with van der Waals surface area (Å²) in [6, 6.07) is 3.38. The number of aromatic carboxylic acids is 1. The van der Waals surface area contributed by atoms with Gasteiger partial charge in [0.05, 0.1) is 0 Å². The van der Waals surface area contributed by atoms with Gasteiger partial charge in [-0.1, -0.05) is 0 Å². The molecule has 0 aliphatic carbocycles. The molecular weight excluding hydrogens is 242 g/mol. The molecule has 1 fully saturated rings. The van der Waals surface area contributed by atoms with E-state index in [0.717, 1.165) is 31.7 Å². The predicted molar refractivity (Wildman–Crippen MR) is 74.8 cm³/mol. The van der Waals surface area contributed by atoms with Gasteiger partial charge in [0, 0.05) is 25.8 Å². The Bertz CT molecular complexity index is 476. The van der Waals surface area contributed by atoms with Crippen molar-refractivity contribution in [2.24, 2.45) is 5.92 Å². The molecule has 1 atom stereocenters. The fourth-order valence-electron chi connectivity index (χ4n) is 2.65. The van der Waals surface area contributed by atoms with E-state index in [-0.39, 0.29) is 5.56 Å². The summed E-state index contributed by atoms with van der Waals surface area (Å²) in [7, 11) is 4.04. The molecule has 2 heterocycles. The third-order valence-electron chi connectivity index (χ3n) is 3.63. The molecule has 0 amide bonds. The molecular formula is C14H21N3O2. The number of carboxylic acids is 1. The highest BCUT2D eigenvalue weighted by atomic mass is 16.4. The van der Waals surface area contributed by atoms with Crippen molar-refractivity contribution in [1.82, 2.24) is 9.88 Å². The highest BCUT2D eigenvalue weighted by Crippen LogP contribution is 2.21. The van der Waals surface area contributed by atoms with E-state index in [2.05, 4.69) is 16.9 Å². The number of rotatable bonds is 4. The molecule has 1 saturated heterocycles. The van der Waals surface area contributed by atoms with Crippen molar-refractivity contribution in [1.29, 1.82) is 0 Å². The topological polar surface area (TPSA) is 56.7 Å². The molecule has 0 spiro atoms. The zero-order chi connectivity index (χ0) is 14.0. The van der Waals surface area contributed by atoms with Gasteiger partial charge in [-0.05, 0) is 45.0 Å². The minimum absolute atomic E-state index is 0.277. The highest BCUT2D eigenvalue weighted by molar-refractivity contribution is 5.93. The smallest absolute Gasteiger partial charge is 0.339 e. The Balaban J connectivity index is 2.15. The summed E-state index contributed by atoms with van der Waals surface area (Å²) in [5.41, 5.74) is 1.12. The number of hydrogen-bond acceptors (Lipinski definition) is 4. The van der Waals surface area contributed by atoms with E-state index in [4.69, 9.17) is 0 Å². The number of aryl methyl sites for hydroxylation is 1. The van der Waals surface area contributed by atoms with Crippen molar-refractivity contribution in [2.45, 2.75) is 13.3 Å². The number of carbonyl (C=O) groups is 1. The number of hydrogen-bond donors (Lipinski definition) is 1. The van der Waals surface area contributed by atoms with E-state index in [9.17, 15) is 9.90 Å². The van der Waals surface area contributed by atoms with Crippen LogP contribution in [0, 0.1) is 12.8 Å². The number of aromatic nitrogens is 1. The Morgan fingerprint density at radius 2 is 2.32 bits per heavy atom. The molecule has 1 aromatic rings. The van der Waals surface area contributed by atoms with Gasteiger partial charge in [-0.2, -0.15) is 0 Å². The SMILES string of the molecule is Cc1ccc(C(=O)O)c(N(C)CC2CCN(C)C2)n1. The van der Waals surface area contributed by atoms with E-state index >= 15 is 0 Å². The number of nitrogens with zero attached hydrogens (tertiary/aromatic N) is 3. The lowest BCUT2D eigenvalue weighted by atomic mass is 10.1. The summed E-state index contributed by atoms with van der Waals surface area (Å²) < 4.78 is 0. The summed E-state index contributed by atoms with van der Waals surface area (Å²) in [5, 5.41) is 9.23. The van der Waals surface area contributed by atoms with Crippen LogP contribution in [0.2, 0.25) is 0 Å². The van der Waals surface area contributed by atoms with Crippen LogP contribution in [0.15, 0.2) is 12.1 Å². The van der Waals surface area contributed by atoms with Gasteiger partial charge < -0.3 is 14.9 Å². The number of likely N-dealkylation sites (tertiary alicyclic amines) is 1. The van der Waals surface area contributed by atoms with Crippen LogP contribution in [-0.4, -0.2) is 54.7 Å². The van der Waals surface area contributed by atoms with Crippen LogP contribution in [-0.2, 0) is 0 Å². The van der Waals surface area contributed by atoms with E-state index in [1.165, 1.54) is 0 Å². The second-order valence-corrected chi connectivity index (χ2v) is 5.43. The van der Waals surface area contributed by atoms with Crippen LogP contribution in [0.1, 0.15) is 22.5 Å². The highest BCUT2D eigenvalue weighted by Gasteiger charge is 2.23. The van der Waals surface area contributed by atoms with Crippen LogP contribution in [0.5, 0.6) is 0 Å². The van der Waals surface area contributed by atoms with E-state index in [1.54, 1.807) is 12.1 Å². The maximum absolute atomic E-state index is 11.3. The van der Waals surface area contributed by atoms with Crippen LogP contribution in [0.4, 0.5) is 5.82 Å². The van der Waals surface area contributed by atoms with Gasteiger partial charge in [-0.15, -0.1) is 0 Å². The lowest BCUT2D eigenvalue weighted by molar-refractivity contribution is 0.0697. The largest absolute Gasteiger partial charge is 0.478 e. The molecule has 1 unspecified atom stereocenters. The molecule has 1 aromatic heterocycles. The molecule has 104 valence electrons. The third kappa shape index (κ3) is 3.23. The average Bonchev–Trinajstić information content (AvgIpc) is 2.74. The monoisotopic (exact) mass is 263 g/mol. The number of carboxylic acid groups (broad SMARTS) is 1. The molecule has 0 saturated carbocycles. The minimum atomic E-state index is -0.919. The second-order valence-electron chi connectivity index (χ2n) is 5.43. The molecule has 1 aliphatic rings. The van der Waals surface area contributed by atoms with Crippen molar-refractivity contribution in [3.63, 3.8) is 0 Å². The quantitative estimate of drug-likeness (QED) is 0.891. The van der Waals surface area contributed by atoms with Crippen molar-refractivity contribution in [3.8, 4) is 0 Å². The second kappa shape index (κ2) is 5.57. The molecule has 0 aromatic carbocycles. The molecule has 2 rings (SSSR count). The van der Waals surface area contributed by atoms with E-state index in [0.29, 0.717) is 11.7 Å². The maximum Gasteiger partial charge on any atom is 0.339 e. The van der Waals surface area contributed by atoms with Gasteiger partial charge >= 0.3 is 5.97 Å². The summed E-state index contributed by atoms with van der Waals surface area (Å²) in [5.74, 6) is 0.235. The Hall–Kier alpha value is -1.62. The van der Waals surface area contributed by atoms with Crippen LogP contribution >= 0.6 is 0 Å². The standard InChI is InChI=1S/C14H21N3O2/c1-10-4-5-12(14(18)19)13(15-10)17(3)9-11-6-7-16(2)8-11/h4-5,11H,6-9H2,1-3H3,(H,18,19). The third-order valence-corrected chi connectivity index (χ3v) is 3.63. The molecule has 19 heavy (non-hydrogen) atoms. The first kappa shape index (κ1) is 13.8. The van der Waals surface area contributed by atoms with Crippen molar-refractivity contribution in [2.75, 3.05) is 38.6 Å². The van der Waals surface area contributed by atoms with Gasteiger partial charge in [0.25, 0.3) is 0 Å². The molecule has 1 N–H and O–H groups in total. The normalized spacial score (nSPS) is 19.6. The molecule has 1 aliphatic heterocycles. The fourth-order valence-corrected chi connectivity index (χ4v) is 2.65. The molecule has 0 radical (unpaired) electrons. The summed E-state index contributed by atoms with van der Waals surface area (Å²) in [6.07, 6.45) is 1.16. The lowest BCUT2D eigenvalue weighted by Gasteiger charge is -2.23. The van der Waals surface area contributed by atoms with Crippen molar-refractivity contribution < 1.29 is 9.90 Å². The van der Waals surface area contributed by atoms with Crippen LogP contribution < -0.4 is 4.90 Å². The van der Waals surface area contributed by atoms with Gasteiger partial charge in [0.15, 0.2) is 0 Å². The zero-order valence-electron chi connectivity index (χ0n) is 11.8. The minimum Gasteiger partial charge on any atom is -0.478 e. The molecule has 0 bridgehead atoms. The van der Waals surface area contributed by atoms with Crippen LogP contribution in [0.3, 0.4) is 0 Å².